The van der Waals surface area contributed by atoms with Crippen LogP contribution >= 0.6 is 0 Å². The summed E-state index contributed by atoms with van der Waals surface area (Å²) < 4.78 is 0. The summed E-state index contributed by atoms with van der Waals surface area (Å²) in [6.07, 6.45) is 0. The maximum absolute atomic E-state index is 9.68. The normalized spacial score (nSPS) is 7.60. The van der Waals surface area contributed by atoms with Gasteiger partial charge in [-0.15, -0.1) is 0 Å². The molecule has 0 atom stereocenters. The van der Waals surface area contributed by atoms with Crippen molar-refractivity contribution >= 4 is 11.5 Å². The molecule has 0 aliphatic heterocycles. The highest BCUT2D eigenvalue weighted by Gasteiger charge is 1.90. The largest absolute Gasteiger partial charge is 0.390 e. The van der Waals surface area contributed by atoms with E-state index in [1.165, 1.54) is 0 Å². The zero-order chi connectivity index (χ0) is 12.7. The van der Waals surface area contributed by atoms with Crippen molar-refractivity contribution < 1.29 is 25.2 Å². The fraction of sp³-hybridized carbons (Fsp3) is 0.667. The molecule has 10 N–H and O–H groups in total. The molecule has 0 radical (unpaired) electrons. The van der Waals surface area contributed by atoms with Crippen molar-refractivity contribution in [1.29, 1.82) is 0 Å². The van der Waals surface area contributed by atoms with Crippen molar-refractivity contribution in [2.45, 2.75) is 0 Å². The molecule has 0 heterocycles. The number of carbonyl (C=O) groups excluding carboxylic acids is 1. The standard InChI is InChI=1S/C3H8N2O2.C3H6O3.H4N2/c4-5-3(1-6)2-7;4-1-3(6)2-5;1-2/h6-7H,1-2,4H2;4-5H,1-2H2;1-2H2. The number of hydrogen-bond donors (Lipinski definition) is 7. The van der Waals surface area contributed by atoms with Crippen LogP contribution in [0.15, 0.2) is 5.10 Å². The predicted octanol–water partition coefficient (Wildman–Crippen LogP) is -4.36. The van der Waals surface area contributed by atoms with Gasteiger partial charge in [0.15, 0.2) is 5.78 Å². The van der Waals surface area contributed by atoms with Crippen molar-refractivity contribution in [2.75, 3.05) is 26.4 Å². The first-order valence-electron chi connectivity index (χ1n) is 3.70. The maximum atomic E-state index is 9.68. The molecule has 0 saturated heterocycles. The minimum atomic E-state index is -0.559. The highest BCUT2D eigenvalue weighted by Crippen LogP contribution is 1.66. The lowest BCUT2D eigenvalue weighted by Gasteiger charge is -1.90. The first-order valence-corrected chi connectivity index (χ1v) is 3.70. The molecule has 0 unspecified atom stereocenters. The van der Waals surface area contributed by atoms with Crippen LogP contribution in [0.25, 0.3) is 0 Å². The monoisotopic (exact) mass is 226 g/mol. The van der Waals surface area contributed by atoms with Crippen molar-refractivity contribution in [1.82, 2.24) is 0 Å². The Hall–Kier alpha value is -1.10. The van der Waals surface area contributed by atoms with Gasteiger partial charge in [-0.05, 0) is 0 Å². The van der Waals surface area contributed by atoms with Gasteiger partial charge in [-0.25, -0.2) is 0 Å². The molecule has 15 heavy (non-hydrogen) atoms. The van der Waals surface area contributed by atoms with Gasteiger partial charge in [0.2, 0.25) is 0 Å². The topological polar surface area (TPSA) is 188 Å². The molecule has 0 fully saturated rings. The van der Waals surface area contributed by atoms with E-state index in [1.54, 1.807) is 0 Å². The number of aliphatic hydroxyl groups excluding tert-OH is 4. The number of nitrogens with two attached hydrogens (primary N) is 3. The molecule has 0 rings (SSSR count). The second-order valence-electron chi connectivity index (χ2n) is 1.87. The number of hydrogen-bond acceptors (Lipinski definition) is 9. The number of ketones is 1. The van der Waals surface area contributed by atoms with Gasteiger partial charge in [-0.2, -0.15) is 5.10 Å². The van der Waals surface area contributed by atoms with Gasteiger partial charge < -0.3 is 26.3 Å². The van der Waals surface area contributed by atoms with Crippen LogP contribution < -0.4 is 17.5 Å². The van der Waals surface area contributed by atoms with Crippen LogP contribution in [0.3, 0.4) is 0 Å². The molecular weight excluding hydrogens is 208 g/mol. The highest BCUT2D eigenvalue weighted by molar-refractivity contribution is 5.86. The van der Waals surface area contributed by atoms with E-state index >= 15 is 0 Å². The summed E-state index contributed by atoms with van der Waals surface area (Å²) in [5.41, 5.74) is 0.194. The fourth-order valence-corrected chi connectivity index (χ4v) is 0.182. The molecule has 0 aliphatic carbocycles. The number of hydrazine groups is 1. The molecule has 0 aromatic carbocycles. The van der Waals surface area contributed by atoms with Gasteiger partial charge in [0.25, 0.3) is 0 Å². The van der Waals surface area contributed by atoms with Crippen LogP contribution in [0.1, 0.15) is 0 Å². The minimum Gasteiger partial charge on any atom is -0.390 e. The van der Waals surface area contributed by atoms with E-state index in [4.69, 9.17) is 20.4 Å². The number of aliphatic hydroxyl groups is 4. The highest BCUT2D eigenvalue weighted by atomic mass is 16.3. The van der Waals surface area contributed by atoms with E-state index in [-0.39, 0.29) is 18.9 Å². The molecular formula is C6H18N4O5. The van der Waals surface area contributed by atoms with E-state index in [2.05, 4.69) is 22.6 Å². The predicted molar refractivity (Wildman–Crippen MR) is 53.3 cm³/mol. The van der Waals surface area contributed by atoms with Crippen LogP contribution in [0, 0.1) is 0 Å². The molecule has 0 aliphatic rings. The van der Waals surface area contributed by atoms with Gasteiger partial charge in [-0.3, -0.25) is 16.5 Å². The number of carbonyl (C=O) groups is 1. The van der Waals surface area contributed by atoms with E-state index in [0.29, 0.717) is 0 Å². The summed E-state index contributed by atoms with van der Waals surface area (Å²) in [6.45, 7) is -1.66. The molecule has 0 aromatic heterocycles. The molecule has 0 saturated carbocycles. The first kappa shape index (κ1) is 19.5. The third-order valence-corrected chi connectivity index (χ3v) is 0.900. The molecule has 9 heteroatoms. The number of rotatable bonds is 4. The third-order valence-electron chi connectivity index (χ3n) is 0.900. The smallest absolute Gasteiger partial charge is 0.183 e. The fourth-order valence-electron chi connectivity index (χ4n) is 0.182. The van der Waals surface area contributed by atoms with E-state index in [0.717, 1.165) is 0 Å². The summed E-state index contributed by atoms with van der Waals surface area (Å²) in [4.78, 5) is 9.68. The summed E-state index contributed by atoms with van der Waals surface area (Å²) in [5, 5.41) is 35.0. The quantitative estimate of drug-likeness (QED) is 0.142. The molecule has 0 amide bonds. The van der Waals surface area contributed by atoms with E-state index in [9.17, 15) is 4.79 Å². The van der Waals surface area contributed by atoms with Crippen LogP contribution in [0.2, 0.25) is 0 Å². The van der Waals surface area contributed by atoms with E-state index in [1.807, 2.05) is 0 Å². The number of nitrogens with zero attached hydrogens (tertiary/aromatic N) is 1. The van der Waals surface area contributed by atoms with Crippen molar-refractivity contribution in [2.24, 2.45) is 22.6 Å². The average molecular weight is 226 g/mol. The van der Waals surface area contributed by atoms with Gasteiger partial charge in [-0.1, -0.05) is 0 Å². The van der Waals surface area contributed by atoms with Crippen LogP contribution in [0.5, 0.6) is 0 Å². The second-order valence-corrected chi connectivity index (χ2v) is 1.87. The lowest BCUT2D eigenvalue weighted by atomic mass is 10.4. The zero-order valence-corrected chi connectivity index (χ0v) is 8.20. The Morgan fingerprint density at radius 3 is 1.27 bits per heavy atom. The SMILES string of the molecule is NN.NN=C(CO)CO.O=C(CO)CO. The Kier molecular flexibility index (Phi) is 24.2. The van der Waals surface area contributed by atoms with Crippen molar-refractivity contribution in [3.63, 3.8) is 0 Å². The molecule has 0 spiro atoms. The molecule has 0 aromatic rings. The number of Topliss-reactive ketones (excluding diaryl/α,β-unsaturated/α-hetero) is 1. The zero-order valence-electron chi connectivity index (χ0n) is 8.20. The Morgan fingerprint density at radius 2 is 1.27 bits per heavy atom. The number of hydrazone groups is 1. The van der Waals surface area contributed by atoms with Crippen molar-refractivity contribution in [3.8, 4) is 0 Å². The minimum absolute atomic E-state index is 0.194. The van der Waals surface area contributed by atoms with Crippen LogP contribution in [-0.4, -0.2) is 58.3 Å². The van der Waals surface area contributed by atoms with E-state index < -0.39 is 19.0 Å². The van der Waals surface area contributed by atoms with Gasteiger partial charge in [0, 0.05) is 0 Å². The van der Waals surface area contributed by atoms with Crippen LogP contribution in [0.4, 0.5) is 0 Å². The van der Waals surface area contributed by atoms with Gasteiger partial charge in [0.05, 0.1) is 18.9 Å². The van der Waals surface area contributed by atoms with Crippen molar-refractivity contribution in [3.05, 3.63) is 0 Å². The second kappa shape index (κ2) is 18.6. The Labute approximate surface area is 86.8 Å². The summed E-state index contributed by atoms with van der Waals surface area (Å²) in [5.74, 6) is 12.1. The van der Waals surface area contributed by atoms with Crippen LogP contribution in [-0.2, 0) is 4.79 Å². The summed E-state index contributed by atoms with van der Waals surface area (Å²) >= 11 is 0. The Bertz CT molecular complexity index is 152. The Morgan fingerprint density at radius 1 is 0.933 bits per heavy atom. The van der Waals surface area contributed by atoms with Gasteiger partial charge in [0.1, 0.15) is 13.2 Å². The maximum Gasteiger partial charge on any atom is 0.183 e. The third kappa shape index (κ3) is 19.3. The summed E-state index contributed by atoms with van der Waals surface area (Å²) in [7, 11) is 0. The lowest BCUT2D eigenvalue weighted by molar-refractivity contribution is -0.124. The molecule has 9 nitrogen and oxygen atoms in total. The Balaban J connectivity index is -0.000000166. The summed E-state index contributed by atoms with van der Waals surface area (Å²) in [6, 6.07) is 0. The average Bonchev–Trinajstić information content (AvgIpc) is 2.33. The van der Waals surface area contributed by atoms with Gasteiger partial charge >= 0.3 is 0 Å². The lowest BCUT2D eigenvalue weighted by Crippen LogP contribution is -2.11. The molecule has 92 valence electrons. The first-order chi connectivity index (χ1) is 7.15. The molecule has 0 bridgehead atoms.